The number of carbonyl (C=O) groups excluding carboxylic acids is 1. The van der Waals surface area contributed by atoms with E-state index in [9.17, 15) is 4.79 Å². The van der Waals surface area contributed by atoms with Gasteiger partial charge in [0.15, 0.2) is 0 Å². The van der Waals surface area contributed by atoms with Gasteiger partial charge >= 0.3 is 5.97 Å². The summed E-state index contributed by atoms with van der Waals surface area (Å²) in [6.45, 7) is 4.68. The minimum Gasteiger partial charge on any atom is -0.463 e. The van der Waals surface area contributed by atoms with Crippen LogP contribution in [0, 0.1) is 5.92 Å². The monoisotopic (exact) mass is 252 g/mol. The standard InChI is InChI=1S/C9H20N2O2S2/c1-7(2)8(11(14-3)15-4)9(12)13-6-5-10/h7-8H,5-6,10H2,1-4H3. The van der Waals surface area contributed by atoms with E-state index in [4.69, 9.17) is 10.5 Å². The van der Waals surface area contributed by atoms with Gasteiger partial charge in [0.2, 0.25) is 0 Å². The minimum absolute atomic E-state index is 0.195. The molecule has 0 aliphatic rings. The summed E-state index contributed by atoms with van der Waals surface area (Å²) in [7, 11) is 0. The average molecular weight is 252 g/mol. The highest BCUT2D eigenvalue weighted by Crippen LogP contribution is 2.26. The van der Waals surface area contributed by atoms with Crippen LogP contribution in [0.5, 0.6) is 0 Å². The van der Waals surface area contributed by atoms with Crippen molar-refractivity contribution < 1.29 is 9.53 Å². The van der Waals surface area contributed by atoms with Gasteiger partial charge in [-0.1, -0.05) is 37.7 Å². The quantitative estimate of drug-likeness (QED) is 0.545. The summed E-state index contributed by atoms with van der Waals surface area (Å²) in [5, 5.41) is 0. The molecular formula is C9H20N2O2S2. The smallest absolute Gasteiger partial charge is 0.325 e. The Bertz CT molecular complexity index is 187. The van der Waals surface area contributed by atoms with E-state index in [1.54, 1.807) is 0 Å². The fourth-order valence-corrected chi connectivity index (χ4v) is 2.86. The first-order valence-electron chi connectivity index (χ1n) is 4.82. The molecule has 0 amide bonds. The van der Waals surface area contributed by atoms with Crippen LogP contribution >= 0.6 is 23.9 Å². The lowest BCUT2D eigenvalue weighted by Crippen LogP contribution is -2.39. The van der Waals surface area contributed by atoms with Crippen LogP contribution in [0.1, 0.15) is 13.8 Å². The maximum absolute atomic E-state index is 11.8. The zero-order valence-electron chi connectivity index (χ0n) is 9.73. The first kappa shape index (κ1) is 15.1. The van der Waals surface area contributed by atoms with Crippen LogP contribution in [0.25, 0.3) is 0 Å². The van der Waals surface area contributed by atoms with Gasteiger partial charge in [-0.05, 0) is 18.4 Å². The van der Waals surface area contributed by atoms with Crippen molar-refractivity contribution in [1.82, 2.24) is 3.71 Å². The highest BCUT2D eigenvalue weighted by molar-refractivity contribution is 8.11. The predicted molar refractivity (Wildman–Crippen MR) is 67.5 cm³/mol. The molecule has 6 heteroatoms. The van der Waals surface area contributed by atoms with Gasteiger partial charge in [-0.15, -0.1) is 0 Å². The zero-order chi connectivity index (χ0) is 11.8. The van der Waals surface area contributed by atoms with E-state index >= 15 is 0 Å². The number of ether oxygens (including phenoxy) is 1. The molecule has 0 rings (SSSR count). The number of esters is 1. The third kappa shape index (κ3) is 5.10. The third-order valence-corrected chi connectivity index (χ3v) is 3.89. The van der Waals surface area contributed by atoms with Gasteiger partial charge in [0, 0.05) is 6.54 Å². The molecule has 1 atom stereocenters. The molecule has 4 nitrogen and oxygen atoms in total. The normalized spacial score (nSPS) is 13.3. The molecule has 0 fully saturated rings. The highest BCUT2D eigenvalue weighted by Gasteiger charge is 2.29. The van der Waals surface area contributed by atoms with Crippen LogP contribution in [0.3, 0.4) is 0 Å². The maximum atomic E-state index is 11.8. The molecule has 0 saturated heterocycles. The molecule has 0 aromatic rings. The Kier molecular flexibility index (Phi) is 8.32. The summed E-state index contributed by atoms with van der Waals surface area (Å²) in [5.74, 6) is 0.0225. The molecule has 0 radical (unpaired) electrons. The molecule has 0 heterocycles. The Balaban J connectivity index is 4.43. The molecule has 15 heavy (non-hydrogen) atoms. The fourth-order valence-electron chi connectivity index (χ4n) is 1.15. The molecular weight excluding hydrogens is 232 g/mol. The Morgan fingerprint density at radius 1 is 1.40 bits per heavy atom. The second kappa shape index (κ2) is 8.27. The number of nitrogens with zero attached hydrogens (tertiary/aromatic N) is 1. The second-order valence-corrected chi connectivity index (χ2v) is 5.04. The topological polar surface area (TPSA) is 55.6 Å². The summed E-state index contributed by atoms with van der Waals surface area (Å²) < 4.78 is 7.01. The van der Waals surface area contributed by atoms with Crippen molar-refractivity contribution in [3.05, 3.63) is 0 Å². The van der Waals surface area contributed by atoms with Crippen LogP contribution in [0.2, 0.25) is 0 Å². The minimum atomic E-state index is -0.221. The molecule has 0 aliphatic heterocycles. The number of carbonyl (C=O) groups is 1. The van der Waals surface area contributed by atoms with Crippen molar-refractivity contribution in [2.45, 2.75) is 19.9 Å². The van der Waals surface area contributed by atoms with Crippen molar-refractivity contribution in [2.24, 2.45) is 11.7 Å². The molecule has 90 valence electrons. The summed E-state index contributed by atoms with van der Waals surface area (Å²) in [5.41, 5.74) is 5.29. The number of hydrogen-bond donors (Lipinski definition) is 1. The lowest BCUT2D eigenvalue weighted by molar-refractivity contribution is -0.147. The lowest BCUT2D eigenvalue weighted by Gasteiger charge is -2.28. The van der Waals surface area contributed by atoms with Crippen LogP contribution in [-0.2, 0) is 9.53 Å². The van der Waals surface area contributed by atoms with Crippen LogP contribution < -0.4 is 5.73 Å². The number of hydrogen-bond acceptors (Lipinski definition) is 6. The van der Waals surface area contributed by atoms with Crippen molar-refractivity contribution >= 4 is 29.9 Å². The van der Waals surface area contributed by atoms with Crippen molar-refractivity contribution in [3.8, 4) is 0 Å². The summed E-state index contributed by atoms with van der Waals surface area (Å²) in [6, 6.07) is -0.221. The molecule has 1 unspecified atom stereocenters. The van der Waals surface area contributed by atoms with E-state index in [1.807, 2.05) is 30.1 Å². The Labute approximate surface area is 101 Å². The van der Waals surface area contributed by atoms with E-state index < -0.39 is 0 Å². The maximum Gasteiger partial charge on any atom is 0.325 e. The molecule has 0 saturated carbocycles. The Morgan fingerprint density at radius 3 is 2.27 bits per heavy atom. The molecule has 2 N–H and O–H groups in total. The second-order valence-electron chi connectivity index (χ2n) is 3.30. The fraction of sp³-hybridized carbons (Fsp3) is 0.889. The van der Waals surface area contributed by atoms with E-state index in [0.29, 0.717) is 13.2 Å². The van der Waals surface area contributed by atoms with Crippen molar-refractivity contribution in [3.63, 3.8) is 0 Å². The summed E-state index contributed by atoms with van der Waals surface area (Å²) >= 11 is 3.06. The van der Waals surface area contributed by atoms with Crippen molar-refractivity contribution in [2.75, 3.05) is 25.7 Å². The van der Waals surface area contributed by atoms with Gasteiger partial charge in [-0.2, -0.15) is 3.71 Å². The molecule has 0 spiro atoms. The summed E-state index contributed by atoms with van der Waals surface area (Å²) in [6.07, 6.45) is 3.89. The first-order chi connectivity index (χ1) is 7.08. The molecule has 0 aromatic heterocycles. The van der Waals surface area contributed by atoms with Gasteiger partial charge in [0.25, 0.3) is 0 Å². The van der Waals surface area contributed by atoms with Crippen LogP contribution in [0.15, 0.2) is 0 Å². The van der Waals surface area contributed by atoms with Crippen molar-refractivity contribution in [1.29, 1.82) is 0 Å². The average Bonchev–Trinajstić information content (AvgIpc) is 2.21. The number of rotatable bonds is 7. The van der Waals surface area contributed by atoms with Crippen LogP contribution in [0.4, 0.5) is 0 Å². The third-order valence-electron chi connectivity index (χ3n) is 1.82. The van der Waals surface area contributed by atoms with Crippen LogP contribution in [-0.4, -0.2) is 41.4 Å². The molecule has 0 aromatic carbocycles. The van der Waals surface area contributed by atoms with E-state index in [2.05, 4.69) is 0 Å². The predicted octanol–water partition coefficient (Wildman–Crippen LogP) is 1.37. The lowest BCUT2D eigenvalue weighted by atomic mass is 10.1. The SMILES string of the molecule is CSN(SC)C(C(=O)OCCN)C(C)C. The van der Waals surface area contributed by atoms with E-state index in [-0.39, 0.29) is 17.9 Å². The summed E-state index contributed by atoms with van der Waals surface area (Å²) in [4.78, 5) is 11.8. The highest BCUT2D eigenvalue weighted by atomic mass is 32.2. The van der Waals surface area contributed by atoms with Gasteiger partial charge in [0.1, 0.15) is 12.6 Å². The van der Waals surface area contributed by atoms with Gasteiger partial charge in [0.05, 0.1) is 0 Å². The molecule has 0 aliphatic carbocycles. The van der Waals surface area contributed by atoms with Gasteiger partial charge < -0.3 is 10.5 Å². The zero-order valence-corrected chi connectivity index (χ0v) is 11.4. The van der Waals surface area contributed by atoms with Gasteiger partial charge in [-0.3, -0.25) is 4.79 Å². The first-order valence-corrected chi connectivity index (χ1v) is 7.19. The Hall–Kier alpha value is 0.0900. The molecule has 0 bridgehead atoms. The number of nitrogens with two attached hydrogens (primary N) is 1. The largest absolute Gasteiger partial charge is 0.463 e. The van der Waals surface area contributed by atoms with E-state index in [1.165, 1.54) is 23.9 Å². The van der Waals surface area contributed by atoms with E-state index in [0.717, 1.165) is 0 Å². The van der Waals surface area contributed by atoms with Gasteiger partial charge in [-0.25, -0.2) is 0 Å². The Morgan fingerprint density at radius 2 is 1.93 bits per heavy atom.